The number of hydrogen-bond acceptors (Lipinski definition) is 4. The highest BCUT2D eigenvalue weighted by Crippen LogP contribution is 2.29. The third kappa shape index (κ3) is 4.08. The summed E-state index contributed by atoms with van der Waals surface area (Å²) in [5, 5.41) is 1.40. The Morgan fingerprint density at radius 1 is 1.38 bits per heavy atom. The van der Waals surface area contributed by atoms with E-state index in [0.29, 0.717) is 16.3 Å². The molecule has 1 atom stereocenters. The maximum Gasteiger partial charge on any atom is 0.344 e. The molecule has 0 N–H and O–H groups in total. The van der Waals surface area contributed by atoms with Gasteiger partial charge in [-0.3, -0.25) is 4.98 Å². The van der Waals surface area contributed by atoms with Crippen LogP contribution in [0.3, 0.4) is 0 Å². The summed E-state index contributed by atoms with van der Waals surface area (Å²) < 4.78 is 10.8. The van der Waals surface area contributed by atoms with E-state index >= 15 is 0 Å². The Morgan fingerprint density at radius 3 is 2.95 bits per heavy atom. The molecule has 0 amide bonds. The van der Waals surface area contributed by atoms with Crippen molar-refractivity contribution in [3.8, 4) is 5.75 Å². The molecule has 0 aliphatic rings. The van der Waals surface area contributed by atoms with Crippen molar-refractivity contribution in [1.29, 1.82) is 0 Å². The van der Waals surface area contributed by atoms with Crippen LogP contribution in [0.25, 0.3) is 10.9 Å². The monoisotopic (exact) mass is 307 g/mol. The molecule has 4 nitrogen and oxygen atoms in total. The van der Waals surface area contributed by atoms with Crippen LogP contribution in [0.15, 0.2) is 30.5 Å². The summed E-state index contributed by atoms with van der Waals surface area (Å²) in [4.78, 5) is 16.0. The first kappa shape index (κ1) is 15.6. The number of aromatic nitrogens is 1. The SMILES string of the molecule is CCCC(C)OC(=O)COc1ccc(Cl)c2cccnc12. The second-order valence-corrected chi connectivity index (χ2v) is 5.23. The first-order valence-corrected chi connectivity index (χ1v) is 7.35. The summed E-state index contributed by atoms with van der Waals surface area (Å²) in [6, 6.07) is 7.10. The van der Waals surface area contributed by atoms with E-state index in [1.54, 1.807) is 24.4 Å². The van der Waals surface area contributed by atoms with Crippen LogP contribution in [0.5, 0.6) is 5.75 Å². The smallest absolute Gasteiger partial charge is 0.344 e. The highest BCUT2D eigenvalue weighted by Gasteiger charge is 2.12. The lowest BCUT2D eigenvalue weighted by atomic mass is 10.2. The molecule has 0 aliphatic heterocycles. The largest absolute Gasteiger partial charge is 0.480 e. The van der Waals surface area contributed by atoms with Gasteiger partial charge >= 0.3 is 5.97 Å². The average molecular weight is 308 g/mol. The number of nitrogens with zero attached hydrogens (tertiary/aromatic N) is 1. The normalized spacial score (nSPS) is 12.1. The molecule has 0 saturated carbocycles. The topological polar surface area (TPSA) is 48.4 Å². The summed E-state index contributed by atoms with van der Waals surface area (Å²) in [7, 11) is 0. The fourth-order valence-corrected chi connectivity index (χ4v) is 2.30. The lowest BCUT2D eigenvalue weighted by Gasteiger charge is -2.13. The highest BCUT2D eigenvalue weighted by molar-refractivity contribution is 6.35. The number of hydrogen-bond donors (Lipinski definition) is 0. The molecule has 1 heterocycles. The quantitative estimate of drug-likeness (QED) is 0.757. The van der Waals surface area contributed by atoms with Gasteiger partial charge in [0.25, 0.3) is 0 Å². The van der Waals surface area contributed by atoms with Gasteiger partial charge in [-0.2, -0.15) is 0 Å². The summed E-state index contributed by atoms with van der Waals surface area (Å²) >= 11 is 6.11. The number of rotatable bonds is 6. The number of carbonyl (C=O) groups is 1. The van der Waals surface area contributed by atoms with E-state index in [-0.39, 0.29) is 18.7 Å². The molecule has 1 aromatic carbocycles. The van der Waals surface area contributed by atoms with Crippen LogP contribution in [0.1, 0.15) is 26.7 Å². The van der Waals surface area contributed by atoms with E-state index in [9.17, 15) is 4.79 Å². The second kappa shape index (κ2) is 7.27. The van der Waals surface area contributed by atoms with E-state index < -0.39 is 0 Å². The van der Waals surface area contributed by atoms with E-state index in [1.165, 1.54) is 0 Å². The van der Waals surface area contributed by atoms with Crippen molar-refractivity contribution >= 4 is 28.5 Å². The Kier molecular flexibility index (Phi) is 5.39. The third-order valence-electron chi connectivity index (χ3n) is 3.05. The molecule has 0 radical (unpaired) electrons. The van der Waals surface area contributed by atoms with Gasteiger partial charge in [0.05, 0.1) is 11.1 Å². The van der Waals surface area contributed by atoms with Gasteiger partial charge in [-0.15, -0.1) is 0 Å². The molecule has 0 bridgehead atoms. The standard InChI is InChI=1S/C16H18ClNO3/c1-3-5-11(2)21-15(19)10-20-14-8-7-13(17)12-6-4-9-18-16(12)14/h4,6-9,11H,3,5,10H2,1-2H3. The molecule has 0 saturated heterocycles. The molecule has 2 aromatic rings. The predicted octanol–water partition coefficient (Wildman–Crippen LogP) is 4.00. The van der Waals surface area contributed by atoms with Gasteiger partial charge in [0.2, 0.25) is 0 Å². The summed E-state index contributed by atoms with van der Waals surface area (Å²) in [5.41, 5.74) is 0.638. The lowest BCUT2D eigenvalue weighted by Crippen LogP contribution is -2.20. The molecule has 0 aliphatic carbocycles. The van der Waals surface area contributed by atoms with E-state index in [1.807, 2.05) is 19.9 Å². The fourth-order valence-electron chi connectivity index (χ4n) is 2.09. The van der Waals surface area contributed by atoms with E-state index in [4.69, 9.17) is 21.1 Å². The third-order valence-corrected chi connectivity index (χ3v) is 3.38. The number of pyridine rings is 1. The molecule has 2 rings (SSSR count). The minimum Gasteiger partial charge on any atom is -0.480 e. The fraction of sp³-hybridized carbons (Fsp3) is 0.375. The lowest BCUT2D eigenvalue weighted by molar-refractivity contribution is -0.150. The maximum atomic E-state index is 11.7. The zero-order valence-corrected chi connectivity index (χ0v) is 12.9. The van der Waals surface area contributed by atoms with Crippen LogP contribution < -0.4 is 4.74 Å². The molecule has 5 heteroatoms. The van der Waals surface area contributed by atoms with Gasteiger partial charge < -0.3 is 9.47 Å². The Bertz CT molecular complexity index is 630. The average Bonchev–Trinajstić information content (AvgIpc) is 2.47. The van der Waals surface area contributed by atoms with Gasteiger partial charge in [0.15, 0.2) is 6.61 Å². The van der Waals surface area contributed by atoms with Crippen LogP contribution in [0.4, 0.5) is 0 Å². The van der Waals surface area contributed by atoms with Crippen molar-refractivity contribution in [3.63, 3.8) is 0 Å². The van der Waals surface area contributed by atoms with Gasteiger partial charge in [-0.25, -0.2) is 4.79 Å². The minimum absolute atomic E-state index is 0.0915. The molecular formula is C16H18ClNO3. The van der Waals surface area contributed by atoms with Crippen LogP contribution in [0.2, 0.25) is 5.02 Å². The number of ether oxygens (including phenoxy) is 2. The second-order valence-electron chi connectivity index (χ2n) is 4.82. The minimum atomic E-state index is -0.380. The zero-order chi connectivity index (χ0) is 15.2. The molecule has 112 valence electrons. The summed E-state index contributed by atoms with van der Waals surface area (Å²) in [6.45, 7) is 3.79. The van der Waals surface area contributed by atoms with Crippen molar-refractivity contribution in [2.75, 3.05) is 6.61 Å². The molecule has 1 unspecified atom stereocenters. The number of fused-ring (bicyclic) bond motifs is 1. The Hall–Kier alpha value is -1.81. The Balaban J connectivity index is 2.04. The molecule has 0 spiro atoms. The molecule has 21 heavy (non-hydrogen) atoms. The number of carbonyl (C=O) groups excluding carboxylic acids is 1. The van der Waals surface area contributed by atoms with Crippen LogP contribution in [-0.4, -0.2) is 23.7 Å². The van der Waals surface area contributed by atoms with E-state index in [2.05, 4.69) is 4.98 Å². The van der Waals surface area contributed by atoms with Crippen molar-refractivity contribution in [1.82, 2.24) is 4.98 Å². The summed E-state index contributed by atoms with van der Waals surface area (Å²) in [5.74, 6) is 0.144. The number of halogens is 1. The van der Waals surface area contributed by atoms with Crippen molar-refractivity contribution < 1.29 is 14.3 Å². The number of benzene rings is 1. The highest BCUT2D eigenvalue weighted by atomic mass is 35.5. The van der Waals surface area contributed by atoms with E-state index in [0.717, 1.165) is 18.2 Å². The van der Waals surface area contributed by atoms with Crippen molar-refractivity contribution in [2.45, 2.75) is 32.8 Å². The van der Waals surface area contributed by atoms with Gasteiger partial charge in [0, 0.05) is 11.6 Å². The van der Waals surface area contributed by atoms with Crippen LogP contribution in [0, 0.1) is 0 Å². The predicted molar refractivity (Wildman–Crippen MR) is 82.7 cm³/mol. The van der Waals surface area contributed by atoms with Crippen molar-refractivity contribution in [2.24, 2.45) is 0 Å². The van der Waals surface area contributed by atoms with Crippen LogP contribution in [-0.2, 0) is 9.53 Å². The van der Waals surface area contributed by atoms with Gasteiger partial charge in [-0.1, -0.05) is 24.9 Å². The first-order valence-electron chi connectivity index (χ1n) is 6.97. The molecule has 0 fully saturated rings. The summed E-state index contributed by atoms with van der Waals surface area (Å²) in [6.07, 6.45) is 3.39. The van der Waals surface area contributed by atoms with Gasteiger partial charge in [-0.05, 0) is 37.6 Å². The maximum absolute atomic E-state index is 11.7. The Labute approximate surface area is 129 Å². The van der Waals surface area contributed by atoms with Crippen molar-refractivity contribution in [3.05, 3.63) is 35.5 Å². The Morgan fingerprint density at radius 2 is 2.19 bits per heavy atom. The molecule has 1 aromatic heterocycles. The zero-order valence-electron chi connectivity index (χ0n) is 12.1. The number of esters is 1. The first-order chi connectivity index (χ1) is 10.1. The van der Waals surface area contributed by atoms with Gasteiger partial charge in [0.1, 0.15) is 11.3 Å². The molecular weight excluding hydrogens is 290 g/mol. The van der Waals surface area contributed by atoms with Crippen LogP contribution >= 0.6 is 11.6 Å².